The average molecular weight is 223 g/mol. The fourth-order valence-corrected chi connectivity index (χ4v) is 1.51. The van der Waals surface area contributed by atoms with Crippen LogP contribution in [-0.2, 0) is 17.8 Å². The van der Waals surface area contributed by atoms with Crippen LogP contribution in [0, 0.1) is 6.92 Å². The minimum Gasteiger partial charge on any atom is -0.373 e. The molecule has 16 heavy (non-hydrogen) atoms. The first kappa shape index (κ1) is 13.1. The predicted octanol–water partition coefficient (Wildman–Crippen LogP) is 1.60. The summed E-state index contributed by atoms with van der Waals surface area (Å²) in [4.78, 5) is 8.77. The third kappa shape index (κ3) is 4.68. The summed E-state index contributed by atoms with van der Waals surface area (Å²) in [7, 11) is 0. The molecular weight excluding hydrogens is 202 g/mol. The molecule has 1 aromatic heterocycles. The zero-order valence-electron chi connectivity index (χ0n) is 10.4. The van der Waals surface area contributed by atoms with Crippen LogP contribution in [0.5, 0.6) is 0 Å². The fourth-order valence-electron chi connectivity index (χ4n) is 1.51. The van der Waals surface area contributed by atoms with Crippen LogP contribution in [0.15, 0.2) is 6.07 Å². The van der Waals surface area contributed by atoms with Crippen molar-refractivity contribution in [3.63, 3.8) is 0 Å². The molecule has 4 heteroatoms. The van der Waals surface area contributed by atoms with E-state index in [4.69, 9.17) is 10.5 Å². The lowest BCUT2D eigenvalue weighted by molar-refractivity contribution is 0.115. The SMILES string of the molecule is CCCOCc1nc(C)cc(CC(C)N)n1. The van der Waals surface area contributed by atoms with Crippen molar-refractivity contribution < 1.29 is 4.74 Å². The molecular formula is C12H21N3O. The molecule has 0 amide bonds. The lowest BCUT2D eigenvalue weighted by atomic mass is 10.2. The zero-order valence-corrected chi connectivity index (χ0v) is 10.4. The van der Waals surface area contributed by atoms with Gasteiger partial charge in [0.2, 0.25) is 0 Å². The lowest BCUT2D eigenvalue weighted by Crippen LogP contribution is -2.19. The van der Waals surface area contributed by atoms with Crippen LogP contribution in [-0.4, -0.2) is 22.6 Å². The fraction of sp³-hybridized carbons (Fsp3) is 0.667. The van der Waals surface area contributed by atoms with E-state index < -0.39 is 0 Å². The van der Waals surface area contributed by atoms with Crippen molar-refractivity contribution >= 4 is 0 Å². The number of ether oxygens (including phenoxy) is 1. The largest absolute Gasteiger partial charge is 0.373 e. The molecule has 1 atom stereocenters. The summed E-state index contributed by atoms with van der Waals surface area (Å²) in [6.45, 7) is 7.26. The Kier molecular flexibility index (Phi) is 5.35. The van der Waals surface area contributed by atoms with Gasteiger partial charge in [-0.05, 0) is 26.3 Å². The molecule has 4 nitrogen and oxygen atoms in total. The first-order chi connectivity index (χ1) is 7.61. The summed E-state index contributed by atoms with van der Waals surface area (Å²) in [6.07, 6.45) is 1.79. The number of rotatable bonds is 6. The summed E-state index contributed by atoms with van der Waals surface area (Å²) < 4.78 is 5.43. The Morgan fingerprint density at radius 2 is 2.19 bits per heavy atom. The van der Waals surface area contributed by atoms with Gasteiger partial charge in [0.05, 0.1) is 0 Å². The Morgan fingerprint density at radius 1 is 1.44 bits per heavy atom. The summed E-state index contributed by atoms with van der Waals surface area (Å²) in [5.41, 5.74) is 7.73. The van der Waals surface area contributed by atoms with Gasteiger partial charge in [-0.3, -0.25) is 0 Å². The van der Waals surface area contributed by atoms with Gasteiger partial charge in [0.25, 0.3) is 0 Å². The van der Waals surface area contributed by atoms with Crippen LogP contribution in [0.3, 0.4) is 0 Å². The highest BCUT2D eigenvalue weighted by molar-refractivity contribution is 5.10. The second-order valence-corrected chi connectivity index (χ2v) is 4.15. The topological polar surface area (TPSA) is 61.0 Å². The van der Waals surface area contributed by atoms with Crippen molar-refractivity contribution in [2.75, 3.05) is 6.61 Å². The van der Waals surface area contributed by atoms with E-state index in [1.165, 1.54) is 0 Å². The third-order valence-corrected chi connectivity index (χ3v) is 2.06. The van der Waals surface area contributed by atoms with Gasteiger partial charge in [0.1, 0.15) is 6.61 Å². The van der Waals surface area contributed by atoms with Crippen LogP contribution in [0.25, 0.3) is 0 Å². The lowest BCUT2D eigenvalue weighted by Gasteiger charge is -2.08. The van der Waals surface area contributed by atoms with Gasteiger partial charge in [-0.2, -0.15) is 0 Å². The van der Waals surface area contributed by atoms with Gasteiger partial charge in [-0.25, -0.2) is 9.97 Å². The van der Waals surface area contributed by atoms with Crippen molar-refractivity contribution in [1.29, 1.82) is 0 Å². The van der Waals surface area contributed by atoms with Gasteiger partial charge in [0, 0.05) is 30.5 Å². The second kappa shape index (κ2) is 6.55. The molecule has 0 saturated heterocycles. The van der Waals surface area contributed by atoms with Crippen molar-refractivity contribution in [3.05, 3.63) is 23.3 Å². The molecule has 1 aromatic rings. The van der Waals surface area contributed by atoms with E-state index in [9.17, 15) is 0 Å². The Bertz CT molecular complexity index is 326. The van der Waals surface area contributed by atoms with E-state index in [-0.39, 0.29) is 6.04 Å². The van der Waals surface area contributed by atoms with Gasteiger partial charge in [-0.15, -0.1) is 0 Å². The molecule has 1 unspecified atom stereocenters. The predicted molar refractivity (Wildman–Crippen MR) is 64.1 cm³/mol. The summed E-state index contributed by atoms with van der Waals surface area (Å²) in [6, 6.07) is 2.10. The normalized spacial score (nSPS) is 12.8. The molecule has 1 rings (SSSR count). The number of nitrogens with zero attached hydrogens (tertiary/aromatic N) is 2. The van der Waals surface area contributed by atoms with E-state index >= 15 is 0 Å². The quantitative estimate of drug-likeness (QED) is 0.744. The van der Waals surface area contributed by atoms with Crippen molar-refractivity contribution in [1.82, 2.24) is 9.97 Å². The molecule has 0 bridgehead atoms. The molecule has 0 aliphatic rings. The average Bonchev–Trinajstić information content (AvgIpc) is 2.16. The zero-order chi connectivity index (χ0) is 12.0. The van der Waals surface area contributed by atoms with E-state index in [1.54, 1.807) is 0 Å². The van der Waals surface area contributed by atoms with E-state index in [1.807, 2.05) is 19.9 Å². The number of nitrogens with two attached hydrogens (primary N) is 1. The second-order valence-electron chi connectivity index (χ2n) is 4.15. The molecule has 0 aliphatic heterocycles. The summed E-state index contributed by atoms with van der Waals surface area (Å²) >= 11 is 0. The van der Waals surface area contributed by atoms with Gasteiger partial charge < -0.3 is 10.5 Å². The van der Waals surface area contributed by atoms with Crippen LogP contribution >= 0.6 is 0 Å². The maximum Gasteiger partial charge on any atom is 0.154 e. The highest BCUT2D eigenvalue weighted by Gasteiger charge is 2.04. The van der Waals surface area contributed by atoms with Crippen LogP contribution in [0.4, 0.5) is 0 Å². The van der Waals surface area contributed by atoms with Crippen LogP contribution < -0.4 is 5.73 Å². The van der Waals surface area contributed by atoms with Gasteiger partial charge in [0.15, 0.2) is 5.82 Å². The number of hydrogen-bond donors (Lipinski definition) is 1. The smallest absolute Gasteiger partial charge is 0.154 e. The molecule has 1 heterocycles. The Morgan fingerprint density at radius 3 is 2.81 bits per heavy atom. The summed E-state index contributed by atoms with van der Waals surface area (Å²) in [5.74, 6) is 0.754. The molecule has 0 aromatic carbocycles. The van der Waals surface area contributed by atoms with Gasteiger partial charge in [-0.1, -0.05) is 6.92 Å². The molecule has 0 aliphatic carbocycles. The van der Waals surface area contributed by atoms with E-state index in [2.05, 4.69) is 16.9 Å². The molecule has 2 N–H and O–H groups in total. The van der Waals surface area contributed by atoms with Crippen molar-refractivity contribution in [2.45, 2.75) is 46.3 Å². The third-order valence-electron chi connectivity index (χ3n) is 2.06. The Balaban J connectivity index is 2.65. The Hall–Kier alpha value is -1.00. The first-order valence-corrected chi connectivity index (χ1v) is 5.78. The first-order valence-electron chi connectivity index (χ1n) is 5.78. The minimum atomic E-state index is 0.124. The van der Waals surface area contributed by atoms with Gasteiger partial charge >= 0.3 is 0 Å². The molecule has 0 radical (unpaired) electrons. The highest BCUT2D eigenvalue weighted by atomic mass is 16.5. The molecule has 90 valence electrons. The molecule has 0 fully saturated rings. The van der Waals surface area contributed by atoms with Crippen molar-refractivity contribution in [2.24, 2.45) is 5.73 Å². The van der Waals surface area contributed by atoms with Crippen LogP contribution in [0.2, 0.25) is 0 Å². The van der Waals surface area contributed by atoms with E-state index in [0.717, 1.165) is 36.7 Å². The number of aryl methyl sites for hydroxylation is 1. The molecule has 0 spiro atoms. The minimum absolute atomic E-state index is 0.124. The highest BCUT2D eigenvalue weighted by Crippen LogP contribution is 2.04. The standard InChI is InChI=1S/C12H21N3O/c1-4-5-16-8-12-14-10(3)7-11(15-12)6-9(2)13/h7,9H,4-6,8,13H2,1-3H3. The Labute approximate surface area is 97.2 Å². The molecule has 0 saturated carbocycles. The van der Waals surface area contributed by atoms with Crippen molar-refractivity contribution in [3.8, 4) is 0 Å². The summed E-state index contributed by atoms with van der Waals surface area (Å²) in [5, 5.41) is 0. The number of hydrogen-bond acceptors (Lipinski definition) is 4. The van der Waals surface area contributed by atoms with Crippen LogP contribution in [0.1, 0.15) is 37.5 Å². The van der Waals surface area contributed by atoms with E-state index in [0.29, 0.717) is 6.61 Å². The number of aromatic nitrogens is 2. The maximum atomic E-state index is 5.75. The maximum absolute atomic E-state index is 5.75. The monoisotopic (exact) mass is 223 g/mol.